The Labute approximate surface area is 110 Å². The maximum atomic E-state index is 12.0. The number of ether oxygens (including phenoxy) is 1. The van der Waals surface area contributed by atoms with Crippen molar-refractivity contribution in [2.24, 2.45) is 0 Å². The predicted octanol–water partition coefficient (Wildman–Crippen LogP) is 2.09. The maximum absolute atomic E-state index is 12.0. The highest BCUT2D eigenvalue weighted by Gasteiger charge is 2.21. The van der Waals surface area contributed by atoms with Gasteiger partial charge in [0.2, 0.25) is 0 Å². The number of nitrogens with one attached hydrogen (secondary N) is 1. The number of hydrogen-bond donors (Lipinski definition) is 1. The highest BCUT2D eigenvalue weighted by molar-refractivity contribution is 6.35. The number of carbonyl (C=O) groups is 1. The minimum atomic E-state index is -0.226. The second-order valence-corrected chi connectivity index (χ2v) is 4.80. The lowest BCUT2D eigenvalue weighted by Gasteiger charge is -2.22. The van der Waals surface area contributed by atoms with Crippen molar-refractivity contribution in [1.29, 1.82) is 0 Å². The second kappa shape index (κ2) is 5.83. The summed E-state index contributed by atoms with van der Waals surface area (Å²) >= 11 is 11.8. The fourth-order valence-electron chi connectivity index (χ4n) is 1.75. The van der Waals surface area contributed by atoms with E-state index in [0.29, 0.717) is 36.2 Å². The molecular weight excluding hydrogens is 261 g/mol. The van der Waals surface area contributed by atoms with E-state index in [9.17, 15) is 4.79 Å². The number of hydrogen-bond acceptors (Lipinski definition) is 3. The summed E-state index contributed by atoms with van der Waals surface area (Å²) in [5.41, 5.74) is 0.799. The standard InChI is InChI=1S/C12H13Cl2NO2/c13-9-2-1-8(10(14)6-9)5-12(16)11-7-17-4-3-15-11/h1-2,6,11,15H,3-5,7H2. The Hall–Kier alpha value is -0.610. The molecule has 1 unspecified atom stereocenters. The summed E-state index contributed by atoms with van der Waals surface area (Å²) in [5.74, 6) is 0.0916. The molecule has 0 radical (unpaired) electrons. The number of Topliss-reactive ketones (excluding diaryl/α,β-unsaturated/α-hetero) is 1. The summed E-state index contributed by atoms with van der Waals surface area (Å²) < 4.78 is 5.25. The van der Waals surface area contributed by atoms with Crippen LogP contribution >= 0.6 is 23.2 Å². The van der Waals surface area contributed by atoms with Crippen LogP contribution in [-0.4, -0.2) is 31.6 Å². The van der Waals surface area contributed by atoms with Gasteiger partial charge in [0, 0.05) is 23.0 Å². The van der Waals surface area contributed by atoms with Gasteiger partial charge in [-0.1, -0.05) is 29.3 Å². The first-order valence-electron chi connectivity index (χ1n) is 5.44. The van der Waals surface area contributed by atoms with Crippen molar-refractivity contribution >= 4 is 29.0 Å². The van der Waals surface area contributed by atoms with E-state index in [-0.39, 0.29) is 11.8 Å². The zero-order valence-electron chi connectivity index (χ0n) is 9.21. The van der Waals surface area contributed by atoms with Crippen molar-refractivity contribution in [2.45, 2.75) is 12.5 Å². The molecule has 92 valence electrons. The molecule has 0 amide bonds. The largest absolute Gasteiger partial charge is 0.378 e. The van der Waals surface area contributed by atoms with E-state index >= 15 is 0 Å². The van der Waals surface area contributed by atoms with Crippen LogP contribution in [-0.2, 0) is 16.0 Å². The third kappa shape index (κ3) is 3.42. The summed E-state index contributed by atoms with van der Waals surface area (Å²) in [6, 6.07) is 4.94. The molecule has 1 aliphatic rings. The maximum Gasteiger partial charge on any atom is 0.156 e. The van der Waals surface area contributed by atoms with Gasteiger partial charge in [0.15, 0.2) is 5.78 Å². The van der Waals surface area contributed by atoms with Crippen molar-refractivity contribution in [3.63, 3.8) is 0 Å². The number of benzene rings is 1. The summed E-state index contributed by atoms with van der Waals surface area (Å²) in [5, 5.41) is 4.23. The van der Waals surface area contributed by atoms with Gasteiger partial charge < -0.3 is 10.1 Å². The second-order valence-electron chi connectivity index (χ2n) is 3.96. The van der Waals surface area contributed by atoms with Crippen LogP contribution in [0.5, 0.6) is 0 Å². The van der Waals surface area contributed by atoms with Gasteiger partial charge in [-0.25, -0.2) is 0 Å². The Morgan fingerprint density at radius 3 is 2.94 bits per heavy atom. The Balaban J connectivity index is 2.02. The molecule has 0 spiro atoms. The highest BCUT2D eigenvalue weighted by atomic mass is 35.5. The Morgan fingerprint density at radius 1 is 1.47 bits per heavy atom. The molecule has 1 saturated heterocycles. The van der Waals surface area contributed by atoms with E-state index in [1.807, 2.05) is 0 Å². The van der Waals surface area contributed by atoms with Crippen LogP contribution in [0.4, 0.5) is 0 Å². The fourth-order valence-corrected chi connectivity index (χ4v) is 2.22. The summed E-state index contributed by atoms with van der Waals surface area (Å²) in [6.45, 7) is 1.81. The molecule has 1 aliphatic heterocycles. The lowest BCUT2D eigenvalue weighted by Crippen LogP contribution is -2.47. The van der Waals surface area contributed by atoms with Gasteiger partial charge in [-0.05, 0) is 17.7 Å². The van der Waals surface area contributed by atoms with Crippen LogP contribution in [0.1, 0.15) is 5.56 Å². The molecule has 2 rings (SSSR count). The van der Waals surface area contributed by atoms with Gasteiger partial charge in [-0.15, -0.1) is 0 Å². The summed E-state index contributed by atoms with van der Waals surface area (Å²) in [6.07, 6.45) is 0.303. The van der Waals surface area contributed by atoms with Crippen LogP contribution in [0, 0.1) is 0 Å². The Morgan fingerprint density at radius 2 is 2.29 bits per heavy atom. The normalized spacial score (nSPS) is 20.2. The topological polar surface area (TPSA) is 38.3 Å². The average Bonchev–Trinajstić information content (AvgIpc) is 2.34. The van der Waals surface area contributed by atoms with Crippen molar-refractivity contribution in [3.8, 4) is 0 Å². The van der Waals surface area contributed by atoms with Crippen molar-refractivity contribution in [3.05, 3.63) is 33.8 Å². The SMILES string of the molecule is O=C(Cc1ccc(Cl)cc1Cl)C1COCCN1. The first-order valence-corrected chi connectivity index (χ1v) is 6.20. The van der Waals surface area contributed by atoms with E-state index in [1.54, 1.807) is 18.2 Å². The Kier molecular flexibility index (Phi) is 4.40. The molecule has 3 nitrogen and oxygen atoms in total. The fraction of sp³-hybridized carbons (Fsp3) is 0.417. The molecular formula is C12H13Cl2NO2. The van der Waals surface area contributed by atoms with E-state index in [2.05, 4.69) is 5.32 Å². The van der Waals surface area contributed by atoms with E-state index in [1.165, 1.54) is 0 Å². The van der Waals surface area contributed by atoms with E-state index in [0.717, 1.165) is 5.56 Å². The molecule has 1 heterocycles. The molecule has 1 fully saturated rings. The van der Waals surface area contributed by atoms with Gasteiger partial charge in [-0.3, -0.25) is 4.79 Å². The quantitative estimate of drug-likeness (QED) is 0.917. The van der Waals surface area contributed by atoms with Crippen molar-refractivity contribution in [1.82, 2.24) is 5.32 Å². The van der Waals surface area contributed by atoms with Crippen molar-refractivity contribution in [2.75, 3.05) is 19.8 Å². The number of halogens is 2. The van der Waals surface area contributed by atoms with Crippen LogP contribution in [0.15, 0.2) is 18.2 Å². The zero-order chi connectivity index (χ0) is 12.3. The van der Waals surface area contributed by atoms with Crippen LogP contribution < -0.4 is 5.32 Å². The predicted molar refractivity (Wildman–Crippen MR) is 67.8 cm³/mol. The van der Waals surface area contributed by atoms with Crippen LogP contribution in [0.25, 0.3) is 0 Å². The van der Waals surface area contributed by atoms with Gasteiger partial charge in [0.1, 0.15) is 0 Å². The average molecular weight is 274 g/mol. The first-order chi connectivity index (χ1) is 8.16. The number of morpholine rings is 1. The van der Waals surface area contributed by atoms with E-state index < -0.39 is 0 Å². The van der Waals surface area contributed by atoms with Crippen LogP contribution in [0.2, 0.25) is 10.0 Å². The van der Waals surface area contributed by atoms with E-state index in [4.69, 9.17) is 27.9 Å². The molecule has 0 bridgehead atoms. The third-order valence-corrected chi connectivity index (χ3v) is 3.28. The molecule has 0 aliphatic carbocycles. The molecule has 1 aromatic carbocycles. The molecule has 5 heteroatoms. The number of rotatable bonds is 3. The van der Waals surface area contributed by atoms with Crippen molar-refractivity contribution < 1.29 is 9.53 Å². The molecule has 1 aromatic rings. The highest BCUT2D eigenvalue weighted by Crippen LogP contribution is 2.21. The first kappa shape index (κ1) is 12.8. The lowest BCUT2D eigenvalue weighted by molar-refractivity contribution is -0.123. The van der Waals surface area contributed by atoms with Gasteiger partial charge in [0.05, 0.1) is 19.3 Å². The molecule has 1 N–H and O–H groups in total. The molecule has 0 aromatic heterocycles. The lowest BCUT2D eigenvalue weighted by atomic mass is 10.0. The van der Waals surface area contributed by atoms with Crippen LogP contribution in [0.3, 0.4) is 0 Å². The monoisotopic (exact) mass is 273 g/mol. The van der Waals surface area contributed by atoms with Gasteiger partial charge in [0.25, 0.3) is 0 Å². The van der Waals surface area contributed by atoms with Gasteiger partial charge >= 0.3 is 0 Å². The zero-order valence-corrected chi connectivity index (χ0v) is 10.7. The summed E-state index contributed by atoms with van der Waals surface area (Å²) in [7, 11) is 0. The smallest absolute Gasteiger partial charge is 0.156 e. The molecule has 1 atom stereocenters. The minimum absolute atomic E-state index is 0.0916. The molecule has 17 heavy (non-hydrogen) atoms. The minimum Gasteiger partial charge on any atom is -0.378 e. The third-order valence-electron chi connectivity index (χ3n) is 2.69. The number of ketones is 1. The Bertz CT molecular complexity index is 417. The molecule has 0 saturated carbocycles. The number of carbonyl (C=O) groups excluding carboxylic acids is 1. The summed E-state index contributed by atoms with van der Waals surface area (Å²) in [4.78, 5) is 12.0. The van der Waals surface area contributed by atoms with Gasteiger partial charge in [-0.2, -0.15) is 0 Å².